The molecule has 0 saturated heterocycles. The van der Waals surface area contributed by atoms with Gasteiger partial charge in [-0.2, -0.15) is 0 Å². The summed E-state index contributed by atoms with van der Waals surface area (Å²) >= 11 is 2.23. The zero-order chi connectivity index (χ0) is 15.1. The lowest BCUT2D eigenvalue weighted by atomic mass is 9.78. The molecule has 3 rings (SSSR count). The second-order valence-electron chi connectivity index (χ2n) is 6.17. The van der Waals surface area contributed by atoms with E-state index in [4.69, 9.17) is 0 Å². The molecule has 0 unspecified atom stereocenters. The predicted molar refractivity (Wildman–Crippen MR) is 88.0 cm³/mol. The van der Waals surface area contributed by atoms with Gasteiger partial charge in [0.05, 0.1) is 11.8 Å². The van der Waals surface area contributed by atoms with E-state index in [9.17, 15) is 14.7 Å². The molecule has 1 amide bonds. The Hall–Kier alpha value is -1.11. The maximum atomic E-state index is 12.6. The van der Waals surface area contributed by atoms with Crippen molar-refractivity contribution in [3.05, 3.63) is 27.3 Å². The van der Waals surface area contributed by atoms with Crippen LogP contribution in [0.25, 0.3) is 0 Å². The van der Waals surface area contributed by atoms with Crippen molar-refractivity contribution in [3.8, 4) is 0 Å². The number of aliphatic carboxylic acids is 1. The van der Waals surface area contributed by atoms with E-state index >= 15 is 0 Å². The third kappa shape index (κ3) is 2.67. The van der Waals surface area contributed by atoms with Gasteiger partial charge >= 0.3 is 5.97 Å². The highest BCUT2D eigenvalue weighted by atomic mass is 127. The maximum Gasteiger partial charge on any atom is 0.307 e. The van der Waals surface area contributed by atoms with Crippen LogP contribution in [0.5, 0.6) is 0 Å². The Morgan fingerprint density at radius 3 is 2.52 bits per heavy atom. The number of nitrogens with one attached hydrogen (secondary N) is 1. The number of carboxylic acids is 1. The summed E-state index contributed by atoms with van der Waals surface area (Å²) in [4.78, 5) is 24.1. The Bertz CT molecular complexity index is 601. The van der Waals surface area contributed by atoms with Gasteiger partial charge in [0.15, 0.2) is 0 Å². The Morgan fingerprint density at radius 1 is 1.24 bits per heavy atom. The molecule has 1 aromatic carbocycles. The number of halogens is 1. The summed E-state index contributed by atoms with van der Waals surface area (Å²) in [6.45, 7) is 1.95. The van der Waals surface area contributed by atoms with Gasteiger partial charge in [-0.15, -0.1) is 0 Å². The lowest BCUT2D eigenvalue weighted by Crippen LogP contribution is -2.38. The summed E-state index contributed by atoms with van der Waals surface area (Å²) in [6, 6.07) is 5.84. The van der Waals surface area contributed by atoms with Gasteiger partial charge in [0.2, 0.25) is 5.91 Å². The summed E-state index contributed by atoms with van der Waals surface area (Å²) in [5.41, 5.74) is 1.79. The minimum absolute atomic E-state index is 0.126. The summed E-state index contributed by atoms with van der Waals surface area (Å²) in [5, 5.41) is 12.4. The van der Waals surface area contributed by atoms with Gasteiger partial charge in [-0.1, -0.05) is 0 Å². The van der Waals surface area contributed by atoms with Crippen LogP contribution in [-0.4, -0.2) is 17.0 Å². The molecular weight excluding hydrogens is 381 g/mol. The Balaban J connectivity index is 1.80. The maximum absolute atomic E-state index is 12.6. The van der Waals surface area contributed by atoms with Gasteiger partial charge < -0.3 is 10.4 Å². The minimum atomic E-state index is -0.818. The molecule has 0 radical (unpaired) electrons. The molecule has 2 aliphatic rings. The fraction of sp³-hybridized carbons (Fsp3) is 0.500. The molecule has 2 saturated carbocycles. The summed E-state index contributed by atoms with van der Waals surface area (Å²) < 4.78 is 1.12. The largest absolute Gasteiger partial charge is 0.481 e. The van der Waals surface area contributed by atoms with Gasteiger partial charge in [0, 0.05) is 9.26 Å². The molecule has 5 heteroatoms. The highest BCUT2D eigenvalue weighted by molar-refractivity contribution is 14.1. The molecule has 2 aliphatic carbocycles. The molecule has 4 atom stereocenters. The number of rotatable bonds is 3. The molecule has 21 heavy (non-hydrogen) atoms. The molecule has 112 valence electrons. The number of benzene rings is 1. The van der Waals surface area contributed by atoms with Crippen molar-refractivity contribution in [1.29, 1.82) is 0 Å². The summed E-state index contributed by atoms with van der Waals surface area (Å²) in [5.74, 6) is -1.41. The van der Waals surface area contributed by atoms with Crippen LogP contribution in [0.4, 0.5) is 5.69 Å². The van der Waals surface area contributed by atoms with E-state index in [1.54, 1.807) is 0 Å². The Morgan fingerprint density at radius 2 is 1.90 bits per heavy atom. The average molecular weight is 399 g/mol. The van der Waals surface area contributed by atoms with E-state index in [0.717, 1.165) is 34.1 Å². The third-order valence-electron chi connectivity index (χ3n) is 4.95. The fourth-order valence-corrected chi connectivity index (χ4v) is 4.65. The molecule has 2 bridgehead atoms. The van der Waals surface area contributed by atoms with Crippen LogP contribution in [0.1, 0.15) is 24.8 Å². The van der Waals surface area contributed by atoms with E-state index in [2.05, 4.69) is 27.9 Å². The molecule has 0 aromatic heterocycles. The fourth-order valence-electron chi connectivity index (χ4n) is 4.01. The number of hydrogen-bond donors (Lipinski definition) is 2. The molecule has 2 fully saturated rings. The van der Waals surface area contributed by atoms with Crippen LogP contribution < -0.4 is 5.32 Å². The van der Waals surface area contributed by atoms with E-state index < -0.39 is 11.9 Å². The average Bonchev–Trinajstić information content (AvgIpc) is 3.02. The first-order chi connectivity index (χ1) is 9.97. The molecular formula is C16H18INO3. The van der Waals surface area contributed by atoms with Crippen LogP contribution in [0.2, 0.25) is 0 Å². The highest BCUT2D eigenvalue weighted by Gasteiger charge is 2.53. The molecule has 1 aromatic rings. The van der Waals surface area contributed by atoms with Crippen molar-refractivity contribution in [3.63, 3.8) is 0 Å². The lowest BCUT2D eigenvalue weighted by molar-refractivity contribution is -0.148. The summed E-state index contributed by atoms with van der Waals surface area (Å²) in [6.07, 6.45) is 2.83. The van der Waals surface area contributed by atoms with E-state index in [1.807, 2.05) is 25.1 Å². The SMILES string of the molecule is Cc1cc(I)ccc1NC(=O)[C@H]1[C@@H]2CC[C@@H](C2)[C@@H]1C(=O)O. The first-order valence-electron chi connectivity index (χ1n) is 7.27. The monoisotopic (exact) mass is 399 g/mol. The zero-order valence-corrected chi connectivity index (χ0v) is 14.0. The minimum Gasteiger partial charge on any atom is -0.481 e. The number of aryl methyl sites for hydroxylation is 1. The Kier molecular flexibility index (Phi) is 3.94. The van der Waals surface area contributed by atoms with Crippen LogP contribution in [0.15, 0.2) is 18.2 Å². The second kappa shape index (κ2) is 5.59. The number of carboxylic acid groups (broad SMARTS) is 1. The number of anilines is 1. The standard InChI is InChI=1S/C16H18INO3/c1-8-6-11(17)4-5-12(8)18-15(19)13-9-2-3-10(7-9)14(13)16(20)21/h4-6,9-10,13-14H,2-3,7H2,1H3,(H,18,19)(H,20,21)/t9-,10+,13+,14+/m1/s1. The van der Waals surface area contributed by atoms with Gasteiger partial charge in [-0.05, 0) is 84.4 Å². The Labute approximate surface area is 137 Å². The highest BCUT2D eigenvalue weighted by Crippen LogP contribution is 2.52. The zero-order valence-electron chi connectivity index (χ0n) is 11.8. The number of fused-ring (bicyclic) bond motifs is 2. The van der Waals surface area contributed by atoms with Crippen LogP contribution in [0.3, 0.4) is 0 Å². The predicted octanol–water partition coefficient (Wildman–Crippen LogP) is 3.29. The van der Waals surface area contributed by atoms with Crippen molar-refractivity contribution < 1.29 is 14.7 Å². The first kappa shape index (κ1) is 14.8. The van der Waals surface area contributed by atoms with Gasteiger partial charge in [-0.25, -0.2) is 0 Å². The molecule has 0 aliphatic heterocycles. The molecule has 0 spiro atoms. The van der Waals surface area contributed by atoms with Crippen molar-refractivity contribution in [2.24, 2.45) is 23.7 Å². The first-order valence-corrected chi connectivity index (χ1v) is 8.35. The molecule has 4 nitrogen and oxygen atoms in total. The normalized spacial score (nSPS) is 30.4. The van der Waals surface area contributed by atoms with Crippen LogP contribution in [0, 0.1) is 34.2 Å². The molecule has 2 N–H and O–H groups in total. The van der Waals surface area contributed by atoms with Crippen LogP contribution >= 0.6 is 22.6 Å². The number of carbonyl (C=O) groups is 2. The molecule has 0 heterocycles. The van der Waals surface area contributed by atoms with Gasteiger partial charge in [0.1, 0.15) is 0 Å². The van der Waals surface area contributed by atoms with Crippen LogP contribution in [-0.2, 0) is 9.59 Å². The third-order valence-corrected chi connectivity index (χ3v) is 5.62. The second-order valence-corrected chi connectivity index (χ2v) is 7.42. The van der Waals surface area contributed by atoms with E-state index in [-0.39, 0.29) is 23.7 Å². The van der Waals surface area contributed by atoms with Crippen molar-refractivity contribution in [2.75, 3.05) is 5.32 Å². The van der Waals surface area contributed by atoms with Crippen molar-refractivity contribution in [2.45, 2.75) is 26.2 Å². The quantitative estimate of drug-likeness (QED) is 0.767. The van der Waals surface area contributed by atoms with Crippen molar-refractivity contribution in [1.82, 2.24) is 0 Å². The van der Waals surface area contributed by atoms with Crippen molar-refractivity contribution >= 4 is 40.2 Å². The summed E-state index contributed by atoms with van der Waals surface area (Å²) in [7, 11) is 0. The van der Waals surface area contributed by atoms with Gasteiger partial charge in [0.25, 0.3) is 0 Å². The number of carbonyl (C=O) groups excluding carboxylic acids is 1. The van der Waals surface area contributed by atoms with Gasteiger partial charge in [-0.3, -0.25) is 9.59 Å². The van der Waals surface area contributed by atoms with E-state index in [0.29, 0.717) is 0 Å². The topological polar surface area (TPSA) is 66.4 Å². The number of amides is 1. The number of hydrogen-bond acceptors (Lipinski definition) is 2. The van der Waals surface area contributed by atoms with E-state index in [1.165, 1.54) is 0 Å². The smallest absolute Gasteiger partial charge is 0.307 e. The lowest BCUT2D eigenvalue weighted by Gasteiger charge is -2.27.